The Balaban J connectivity index is 1.86. The van der Waals surface area contributed by atoms with Gasteiger partial charge < -0.3 is 10.1 Å². The molecule has 3 rings (SSSR count). The first-order valence-corrected chi connectivity index (χ1v) is 8.19. The van der Waals surface area contributed by atoms with Gasteiger partial charge in [-0.25, -0.2) is 9.18 Å². The Bertz CT molecular complexity index is 949. The van der Waals surface area contributed by atoms with E-state index in [1.165, 1.54) is 19.2 Å². The van der Waals surface area contributed by atoms with Gasteiger partial charge in [-0.05, 0) is 34.5 Å². The largest absolute Gasteiger partial charge is 0.467 e. The molecule has 5 heteroatoms. The molecular formula is C21H18FNO3. The van der Waals surface area contributed by atoms with Crippen LogP contribution in [0.1, 0.15) is 15.9 Å². The Morgan fingerprint density at radius 2 is 1.77 bits per heavy atom. The first kappa shape index (κ1) is 17.6. The molecular weight excluding hydrogens is 333 g/mol. The molecule has 0 aliphatic carbocycles. The molecule has 132 valence electrons. The van der Waals surface area contributed by atoms with Crippen LogP contribution in [0.4, 0.5) is 4.39 Å². The number of methoxy groups -OCH3 is 1. The summed E-state index contributed by atoms with van der Waals surface area (Å²) in [4.78, 5) is 24.9. The van der Waals surface area contributed by atoms with E-state index in [9.17, 15) is 14.0 Å². The number of benzene rings is 3. The van der Waals surface area contributed by atoms with E-state index >= 15 is 0 Å². The van der Waals surface area contributed by atoms with Crippen molar-refractivity contribution in [3.05, 3.63) is 83.7 Å². The molecule has 0 aliphatic rings. The van der Waals surface area contributed by atoms with Crippen LogP contribution in [0.2, 0.25) is 0 Å². The second-order valence-electron chi connectivity index (χ2n) is 5.91. The highest BCUT2D eigenvalue weighted by molar-refractivity contribution is 6.08. The van der Waals surface area contributed by atoms with Gasteiger partial charge in [0, 0.05) is 12.0 Å². The van der Waals surface area contributed by atoms with Gasteiger partial charge in [0.15, 0.2) is 0 Å². The maximum Gasteiger partial charge on any atom is 0.328 e. The zero-order chi connectivity index (χ0) is 18.5. The summed E-state index contributed by atoms with van der Waals surface area (Å²) >= 11 is 0. The van der Waals surface area contributed by atoms with Crippen LogP contribution in [-0.4, -0.2) is 25.0 Å². The van der Waals surface area contributed by atoms with Gasteiger partial charge in [0.05, 0.1) is 7.11 Å². The topological polar surface area (TPSA) is 55.4 Å². The van der Waals surface area contributed by atoms with Crippen LogP contribution >= 0.6 is 0 Å². The van der Waals surface area contributed by atoms with E-state index in [0.29, 0.717) is 11.1 Å². The molecule has 0 bridgehead atoms. The first-order valence-electron chi connectivity index (χ1n) is 8.19. The summed E-state index contributed by atoms with van der Waals surface area (Å²) in [6.45, 7) is 0. The lowest BCUT2D eigenvalue weighted by Gasteiger charge is -2.17. The second-order valence-corrected chi connectivity index (χ2v) is 5.91. The molecule has 26 heavy (non-hydrogen) atoms. The van der Waals surface area contributed by atoms with Crippen LogP contribution < -0.4 is 5.32 Å². The number of hydrogen-bond donors (Lipinski definition) is 1. The Morgan fingerprint density at radius 3 is 2.54 bits per heavy atom. The van der Waals surface area contributed by atoms with Crippen LogP contribution in [0.5, 0.6) is 0 Å². The number of rotatable bonds is 5. The Morgan fingerprint density at radius 1 is 1.04 bits per heavy atom. The summed E-state index contributed by atoms with van der Waals surface area (Å²) in [5.74, 6) is -1.36. The van der Waals surface area contributed by atoms with E-state index in [1.54, 1.807) is 24.3 Å². The van der Waals surface area contributed by atoms with E-state index in [-0.39, 0.29) is 12.3 Å². The fourth-order valence-electron chi connectivity index (χ4n) is 2.89. The molecule has 0 saturated heterocycles. The molecule has 1 N–H and O–H groups in total. The van der Waals surface area contributed by atoms with Gasteiger partial charge in [-0.1, -0.05) is 48.5 Å². The van der Waals surface area contributed by atoms with Crippen molar-refractivity contribution in [1.29, 1.82) is 0 Å². The molecule has 0 unspecified atom stereocenters. The van der Waals surface area contributed by atoms with Crippen LogP contribution in [0.25, 0.3) is 10.8 Å². The summed E-state index contributed by atoms with van der Waals surface area (Å²) in [5, 5.41) is 4.43. The Labute approximate surface area is 150 Å². The highest BCUT2D eigenvalue weighted by Gasteiger charge is 2.23. The number of esters is 1. The molecule has 0 radical (unpaired) electrons. The molecule has 0 aromatic heterocycles. The van der Waals surface area contributed by atoms with Gasteiger partial charge in [0.1, 0.15) is 11.9 Å². The summed E-state index contributed by atoms with van der Waals surface area (Å²) in [6, 6.07) is 17.9. The average Bonchev–Trinajstić information content (AvgIpc) is 2.66. The van der Waals surface area contributed by atoms with E-state index in [4.69, 9.17) is 4.74 Å². The van der Waals surface area contributed by atoms with Crippen LogP contribution in [-0.2, 0) is 16.0 Å². The quantitative estimate of drug-likeness (QED) is 0.716. The zero-order valence-electron chi connectivity index (χ0n) is 14.2. The van der Waals surface area contributed by atoms with Crippen molar-refractivity contribution in [2.24, 2.45) is 0 Å². The lowest BCUT2D eigenvalue weighted by atomic mass is 10.0. The summed E-state index contributed by atoms with van der Waals surface area (Å²) < 4.78 is 18.2. The van der Waals surface area contributed by atoms with Crippen molar-refractivity contribution >= 4 is 22.6 Å². The number of carbonyl (C=O) groups is 2. The molecule has 3 aromatic rings. The number of hydrogen-bond acceptors (Lipinski definition) is 3. The minimum absolute atomic E-state index is 0.140. The maximum absolute atomic E-state index is 13.4. The lowest BCUT2D eigenvalue weighted by Crippen LogP contribution is -2.43. The highest BCUT2D eigenvalue weighted by atomic mass is 19.1. The van der Waals surface area contributed by atoms with Crippen LogP contribution in [0, 0.1) is 5.82 Å². The van der Waals surface area contributed by atoms with Gasteiger partial charge >= 0.3 is 5.97 Å². The van der Waals surface area contributed by atoms with E-state index in [1.807, 2.05) is 30.3 Å². The first-order chi connectivity index (χ1) is 12.6. The predicted octanol–water partition coefficient (Wildman–Crippen LogP) is 3.49. The summed E-state index contributed by atoms with van der Waals surface area (Å²) in [6.07, 6.45) is 0.140. The molecule has 0 heterocycles. The molecule has 1 atom stereocenters. The monoisotopic (exact) mass is 351 g/mol. The van der Waals surface area contributed by atoms with Crippen LogP contribution in [0.3, 0.4) is 0 Å². The Kier molecular flexibility index (Phi) is 5.27. The fraction of sp³-hybridized carbons (Fsp3) is 0.143. The van der Waals surface area contributed by atoms with E-state index in [2.05, 4.69) is 5.32 Å². The van der Waals surface area contributed by atoms with E-state index in [0.717, 1.165) is 10.8 Å². The van der Waals surface area contributed by atoms with Crippen molar-refractivity contribution in [3.63, 3.8) is 0 Å². The SMILES string of the molecule is COC(=O)[C@@H](Cc1cccc(F)c1)NC(=O)c1cccc2ccccc12. The average molecular weight is 351 g/mol. The molecule has 3 aromatic carbocycles. The molecule has 0 spiro atoms. The second kappa shape index (κ2) is 7.78. The lowest BCUT2D eigenvalue weighted by molar-refractivity contribution is -0.142. The number of amides is 1. The summed E-state index contributed by atoms with van der Waals surface area (Å²) in [7, 11) is 1.25. The normalized spacial score (nSPS) is 11.8. The molecule has 4 nitrogen and oxygen atoms in total. The third-order valence-corrected chi connectivity index (χ3v) is 4.15. The van der Waals surface area contributed by atoms with Crippen LogP contribution in [0.15, 0.2) is 66.7 Å². The van der Waals surface area contributed by atoms with Gasteiger partial charge in [-0.15, -0.1) is 0 Å². The number of nitrogens with one attached hydrogen (secondary N) is 1. The van der Waals surface area contributed by atoms with Crippen molar-refractivity contribution in [2.45, 2.75) is 12.5 Å². The maximum atomic E-state index is 13.4. The van der Waals surface area contributed by atoms with Gasteiger partial charge in [-0.3, -0.25) is 4.79 Å². The smallest absolute Gasteiger partial charge is 0.328 e. The van der Waals surface area contributed by atoms with Gasteiger partial charge in [0.2, 0.25) is 0 Å². The number of carbonyl (C=O) groups excluding carboxylic acids is 2. The van der Waals surface area contributed by atoms with Gasteiger partial charge in [0.25, 0.3) is 5.91 Å². The Hall–Kier alpha value is -3.21. The van der Waals surface area contributed by atoms with Crippen molar-refractivity contribution in [1.82, 2.24) is 5.32 Å². The molecule has 0 saturated carbocycles. The molecule has 1 amide bonds. The third kappa shape index (κ3) is 3.88. The third-order valence-electron chi connectivity index (χ3n) is 4.15. The van der Waals surface area contributed by atoms with Crippen molar-refractivity contribution < 1.29 is 18.7 Å². The highest BCUT2D eigenvalue weighted by Crippen LogP contribution is 2.19. The molecule has 0 fully saturated rings. The molecule has 0 aliphatic heterocycles. The van der Waals surface area contributed by atoms with Gasteiger partial charge in [-0.2, -0.15) is 0 Å². The van der Waals surface area contributed by atoms with E-state index < -0.39 is 17.8 Å². The minimum atomic E-state index is -0.909. The number of fused-ring (bicyclic) bond motifs is 1. The predicted molar refractivity (Wildman–Crippen MR) is 97.3 cm³/mol. The standard InChI is InChI=1S/C21H18FNO3/c1-26-21(25)19(13-14-6-4-9-16(22)12-14)23-20(24)18-11-5-8-15-7-2-3-10-17(15)18/h2-12,19H,13H2,1H3,(H,23,24)/t19-/m1/s1. The minimum Gasteiger partial charge on any atom is -0.467 e. The number of halogens is 1. The zero-order valence-corrected chi connectivity index (χ0v) is 14.2. The van der Waals surface area contributed by atoms with Crippen molar-refractivity contribution in [2.75, 3.05) is 7.11 Å². The summed E-state index contributed by atoms with van der Waals surface area (Å²) in [5.41, 5.74) is 1.06. The fourth-order valence-corrected chi connectivity index (χ4v) is 2.89. The number of ether oxygens (including phenoxy) is 1. The van der Waals surface area contributed by atoms with Crippen molar-refractivity contribution in [3.8, 4) is 0 Å².